The van der Waals surface area contributed by atoms with Crippen LogP contribution in [0.4, 0.5) is 0 Å². The molecule has 2 rings (SSSR count). The first-order valence-corrected chi connectivity index (χ1v) is 5.59. The highest BCUT2D eigenvalue weighted by Crippen LogP contribution is 2.31. The van der Waals surface area contributed by atoms with Crippen molar-refractivity contribution in [3.63, 3.8) is 0 Å². The minimum Gasteiger partial charge on any atom is -0.497 e. The van der Waals surface area contributed by atoms with Crippen LogP contribution in [0.3, 0.4) is 0 Å². The van der Waals surface area contributed by atoms with Gasteiger partial charge >= 0.3 is 0 Å². The van der Waals surface area contributed by atoms with Crippen molar-refractivity contribution in [3.8, 4) is 11.8 Å². The largest absolute Gasteiger partial charge is 0.497 e. The molecule has 2 aromatic rings. The van der Waals surface area contributed by atoms with E-state index in [1.807, 2.05) is 19.2 Å². The molecule has 0 amide bonds. The Morgan fingerprint density at radius 3 is 2.65 bits per heavy atom. The number of rotatable bonds is 2. The molecular weight excluding hydrogens is 212 g/mol. The van der Waals surface area contributed by atoms with E-state index in [1.165, 1.54) is 11.1 Å². The SMILES string of the molecule is COc1cc(C)c2c(c1)c(CC#N)c(C)n2C. The molecule has 0 aliphatic rings. The third kappa shape index (κ3) is 1.66. The third-order valence-corrected chi connectivity index (χ3v) is 3.37. The smallest absolute Gasteiger partial charge is 0.119 e. The van der Waals surface area contributed by atoms with Gasteiger partial charge in [0.05, 0.1) is 25.1 Å². The lowest BCUT2D eigenvalue weighted by molar-refractivity contribution is 0.415. The van der Waals surface area contributed by atoms with E-state index in [0.29, 0.717) is 6.42 Å². The summed E-state index contributed by atoms with van der Waals surface area (Å²) in [6.07, 6.45) is 0.440. The average Bonchev–Trinajstić information content (AvgIpc) is 2.55. The number of hydrogen-bond acceptors (Lipinski definition) is 2. The number of ether oxygens (including phenoxy) is 1. The van der Waals surface area contributed by atoms with E-state index >= 15 is 0 Å². The molecule has 0 spiro atoms. The van der Waals surface area contributed by atoms with E-state index in [0.717, 1.165) is 22.4 Å². The average molecular weight is 228 g/mol. The van der Waals surface area contributed by atoms with Gasteiger partial charge in [-0.2, -0.15) is 5.26 Å². The molecule has 0 N–H and O–H groups in total. The highest BCUT2D eigenvalue weighted by Gasteiger charge is 2.14. The van der Waals surface area contributed by atoms with E-state index in [9.17, 15) is 0 Å². The van der Waals surface area contributed by atoms with Crippen molar-refractivity contribution in [2.75, 3.05) is 7.11 Å². The van der Waals surface area contributed by atoms with Crippen LogP contribution in [0.25, 0.3) is 10.9 Å². The number of nitriles is 1. The van der Waals surface area contributed by atoms with Gasteiger partial charge in [-0.1, -0.05) is 0 Å². The van der Waals surface area contributed by atoms with Crippen molar-refractivity contribution >= 4 is 10.9 Å². The predicted octanol–water partition coefficient (Wildman–Crippen LogP) is 2.87. The highest BCUT2D eigenvalue weighted by molar-refractivity contribution is 5.89. The van der Waals surface area contributed by atoms with Crippen LogP contribution in [0.1, 0.15) is 16.8 Å². The van der Waals surface area contributed by atoms with Crippen LogP contribution < -0.4 is 4.74 Å². The van der Waals surface area contributed by atoms with Gasteiger partial charge in [-0.15, -0.1) is 0 Å². The van der Waals surface area contributed by atoms with Crippen molar-refractivity contribution in [2.24, 2.45) is 7.05 Å². The maximum Gasteiger partial charge on any atom is 0.119 e. The zero-order valence-electron chi connectivity index (χ0n) is 10.7. The summed E-state index contributed by atoms with van der Waals surface area (Å²) in [5, 5.41) is 10.0. The highest BCUT2D eigenvalue weighted by atomic mass is 16.5. The zero-order valence-corrected chi connectivity index (χ0v) is 10.7. The van der Waals surface area contributed by atoms with E-state index in [4.69, 9.17) is 10.00 Å². The van der Waals surface area contributed by atoms with Gasteiger partial charge in [0.1, 0.15) is 5.75 Å². The Morgan fingerprint density at radius 2 is 2.06 bits per heavy atom. The topological polar surface area (TPSA) is 37.9 Å². The lowest BCUT2D eigenvalue weighted by Gasteiger charge is -2.05. The zero-order chi connectivity index (χ0) is 12.6. The maximum atomic E-state index is 8.92. The normalized spacial score (nSPS) is 10.5. The van der Waals surface area contributed by atoms with Crippen LogP contribution in [0.2, 0.25) is 0 Å². The van der Waals surface area contributed by atoms with E-state index in [2.05, 4.69) is 24.5 Å². The van der Waals surface area contributed by atoms with Crippen LogP contribution in [-0.2, 0) is 13.5 Å². The Balaban J connectivity index is 2.86. The second-order valence-corrected chi connectivity index (χ2v) is 4.30. The van der Waals surface area contributed by atoms with Crippen LogP contribution in [-0.4, -0.2) is 11.7 Å². The molecular formula is C14H16N2O. The molecule has 0 aliphatic carbocycles. The molecule has 0 saturated heterocycles. The van der Waals surface area contributed by atoms with E-state index < -0.39 is 0 Å². The van der Waals surface area contributed by atoms with Crippen LogP contribution in [0.5, 0.6) is 5.75 Å². The van der Waals surface area contributed by atoms with Crippen LogP contribution >= 0.6 is 0 Å². The molecule has 0 unspecified atom stereocenters. The molecule has 0 atom stereocenters. The van der Waals surface area contributed by atoms with Crippen molar-refractivity contribution in [3.05, 3.63) is 29.0 Å². The van der Waals surface area contributed by atoms with Gasteiger partial charge < -0.3 is 9.30 Å². The number of nitrogens with zero attached hydrogens (tertiary/aromatic N) is 2. The van der Waals surface area contributed by atoms with Crippen molar-refractivity contribution in [2.45, 2.75) is 20.3 Å². The number of aryl methyl sites for hydroxylation is 2. The maximum absolute atomic E-state index is 8.92. The van der Waals surface area contributed by atoms with Crippen LogP contribution in [0, 0.1) is 25.2 Å². The molecule has 0 saturated carbocycles. The van der Waals surface area contributed by atoms with Gasteiger partial charge in [0.2, 0.25) is 0 Å². The minimum atomic E-state index is 0.440. The fourth-order valence-electron chi connectivity index (χ4n) is 2.41. The summed E-state index contributed by atoms with van der Waals surface area (Å²) >= 11 is 0. The third-order valence-electron chi connectivity index (χ3n) is 3.37. The molecule has 0 bridgehead atoms. The predicted molar refractivity (Wildman–Crippen MR) is 68.3 cm³/mol. The Morgan fingerprint density at radius 1 is 1.35 bits per heavy atom. The standard InChI is InChI=1S/C14H16N2O/c1-9-7-11(17-4)8-13-12(5-6-15)10(2)16(3)14(9)13/h7-8H,5H2,1-4H3. The van der Waals surface area contributed by atoms with E-state index in [-0.39, 0.29) is 0 Å². The van der Waals surface area contributed by atoms with Gasteiger partial charge in [0, 0.05) is 18.1 Å². The molecule has 88 valence electrons. The first-order chi connectivity index (χ1) is 8.10. The summed E-state index contributed by atoms with van der Waals surface area (Å²) in [7, 11) is 3.71. The Bertz CT molecular complexity index is 617. The number of methoxy groups -OCH3 is 1. The molecule has 1 heterocycles. The Labute approximate surface area is 101 Å². The quantitative estimate of drug-likeness (QED) is 0.792. The van der Waals surface area contributed by atoms with E-state index in [1.54, 1.807) is 7.11 Å². The summed E-state index contributed by atoms with van der Waals surface area (Å²) in [5.74, 6) is 0.847. The van der Waals surface area contributed by atoms with Crippen molar-refractivity contribution in [1.82, 2.24) is 4.57 Å². The van der Waals surface area contributed by atoms with Gasteiger partial charge in [0.25, 0.3) is 0 Å². The van der Waals surface area contributed by atoms with Gasteiger partial charge in [-0.3, -0.25) is 0 Å². The molecule has 1 aromatic carbocycles. The first-order valence-electron chi connectivity index (χ1n) is 5.59. The summed E-state index contributed by atoms with van der Waals surface area (Å²) in [4.78, 5) is 0. The number of fused-ring (bicyclic) bond motifs is 1. The first kappa shape index (κ1) is 11.5. The van der Waals surface area contributed by atoms with Crippen molar-refractivity contribution < 1.29 is 4.74 Å². The number of aromatic nitrogens is 1. The second-order valence-electron chi connectivity index (χ2n) is 4.30. The Kier molecular flexibility index (Phi) is 2.81. The summed E-state index contributed by atoms with van der Waals surface area (Å²) in [6, 6.07) is 6.27. The van der Waals surface area contributed by atoms with Gasteiger partial charge in [-0.25, -0.2) is 0 Å². The minimum absolute atomic E-state index is 0.440. The number of benzene rings is 1. The molecule has 17 heavy (non-hydrogen) atoms. The molecule has 0 aliphatic heterocycles. The molecule has 0 radical (unpaired) electrons. The summed E-state index contributed by atoms with van der Waals surface area (Å²) in [5.41, 5.74) is 4.62. The Hall–Kier alpha value is -1.95. The summed E-state index contributed by atoms with van der Waals surface area (Å²) in [6.45, 7) is 4.12. The van der Waals surface area contributed by atoms with Crippen LogP contribution in [0.15, 0.2) is 12.1 Å². The fourth-order valence-corrected chi connectivity index (χ4v) is 2.41. The fraction of sp³-hybridized carbons (Fsp3) is 0.357. The van der Waals surface area contributed by atoms with Crippen molar-refractivity contribution in [1.29, 1.82) is 5.26 Å². The number of hydrogen-bond donors (Lipinski definition) is 0. The molecule has 1 aromatic heterocycles. The lowest BCUT2D eigenvalue weighted by Crippen LogP contribution is -1.93. The van der Waals surface area contributed by atoms with Gasteiger partial charge in [-0.05, 0) is 37.1 Å². The molecule has 3 heteroatoms. The summed E-state index contributed by atoms with van der Waals surface area (Å²) < 4.78 is 7.44. The lowest BCUT2D eigenvalue weighted by atomic mass is 10.1. The molecule has 0 fully saturated rings. The van der Waals surface area contributed by atoms with Gasteiger partial charge in [0.15, 0.2) is 0 Å². The molecule has 3 nitrogen and oxygen atoms in total. The second kappa shape index (κ2) is 4.14. The monoisotopic (exact) mass is 228 g/mol.